The predicted molar refractivity (Wildman–Crippen MR) is 104 cm³/mol. The SMILES string of the molecule is CON(Cc1ccccc1)C(=O)N(C(=O)c1ccccc1)C1CCCCC1. The van der Waals surface area contributed by atoms with Crippen LogP contribution in [0.25, 0.3) is 0 Å². The molecular formula is C22H26N2O3. The molecule has 0 unspecified atom stereocenters. The van der Waals surface area contributed by atoms with Crippen LogP contribution in [-0.2, 0) is 11.4 Å². The number of hydrogen-bond donors (Lipinski definition) is 0. The van der Waals surface area contributed by atoms with Crippen LogP contribution in [-0.4, -0.2) is 35.1 Å². The van der Waals surface area contributed by atoms with Gasteiger partial charge in [0.1, 0.15) is 0 Å². The van der Waals surface area contributed by atoms with Crippen molar-refractivity contribution in [3.8, 4) is 0 Å². The summed E-state index contributed by atoms with van der Waals surface area (Å²) in [5.41, 5.74) is 1.47. The second-order valence-electron chi connectivity index (χ2n) is 6.82. The van der Waals surface area contributed by atoms with Crippen molar-refractivity contribution in [2.24, 2.45) is 0 Å². The highest BCUT2D eigenvalue weighted by Gasteiger charge is 2.34. The van der Waals surface area contributed by atoms with E-state index in [9.17, 15) is 9.59 Å². The number of carbonyl (C=O) groups excluding carboxylic acids is 2. The highest BCUT2D eigenvalue weighted by atomic mass is 16.7. The van der Waals surface area contributed by atoms with Gasteiger partial charge in [-0.3, -0.25) is 14.5 Å². The van der Waals surface area contributed by atoms with Crippen molar-refractivity contribution < 1.29 is 14.4 Å². The average Bonchev–Trinajstić information content (AvgIpc) is 2.74. The summed E-state index contributed by atoms with van der Waals surface area (Å²) in [6.45, 7) is 0.293. The molecule has 5 nitrogen and oxygen atoms in total. The first kappa shape index (κ1) is 19.1. The highest BCUT2D eigenvalue weighted by molar-refractivity contribution is 6.04. The van der Waals surface area contributed by atoms with Gasteiger partial charge in [-0.25, -0.2) is 4.79 Å². The Morgan fingerprint density at radius 2 is 1.52 bits per heavy atom. The Labute approximate surface area is 160 Å². The van der Waals surface area contributed by atoms with Gasteiger partial charge in [0.05, 0.1) is 13.7 Å². The Balaban J connectivity index is 1.86. The van der Waals surface area contributed by atoms with E-state index in [1.54, 1.807) is 12.1 Å². The summed E-state index contributed by atoms with van der Waals surface area (Å²) in [4.78, 5) is 33.2. The number of urea groups is 1. The summed E-state index contributed by atoms with van der Waals surface area (Å²) in [5, 5.41) is 1.27. The molecule has 1 saturated carbocycles. The molecule has 2 aromatic rings. The number of hydrogen-bond acceptors (Lipinski definition) is 3. The lowest BCUT2D eigenvalue weighted by atomic mass is 9.94. The predicted octanol–water partition coefficient (Wildman–Crippen LogP) is 4.65. The van der Waals surface area contributed by atoms with Crippen LogP contribution in [0.2, 0.25) is 0 Å². The van der Waals surface area contributed by atoms with Crippen molar-refractivity contribution in [3.05, 3.63) is 71.8 Å². The van der Waals surface area contributed by atoms with Crippen LogP contribution in [0.3, 0.4) is 0 Å². The number of rotatable bonds is 5. The summed E-state index contributed by atoms with van der Waals surface area (Å²) < 4.78 is 0. The third kappa shape index (κ3) is 4.74. The zero-order chi connectivity index (χ0) is 19.1. The second-order valence-corrected chi connectivity index (χ2v) is 6.82. The normalized spacial score (nSPS) is 14.6. The van der Waals surface area contributed by atoms with E-state index in [1.807, 2.05) is 48.5 Å². The maximum Gasteiger partial charge on any atom is 0.351 e. The third-order valence-corrected chi connectivity index (χ3v) is 4.99. The molecule has 0 heterocycles. The average molecular weight is 366 g/mol. The number of carbonyl (C=O) groups is 2. The van der Waals surface area contributed by atoms with Gasteiger partial charge in [-0.05, 0) is 30.5 Å². The third-order valence-electron chi connectivity index (χ3n) is 4.99. The first-order valence-corrected chi connectivity index (χ1v) is 9.49. The molecule has 0 atom stereocenters. The van der Waals surface area contributed by atoms with Gasteiger partial charge in [0.25, 0.3) is 5.91 Å². The summed E-state index contributed by atoms with van der Waals surface area (Å²) in [5.74, 6) is -0.261. The van der Waals surface area contributed by atoms with Crippen LogP contribution >= 0.6 is 0 Å². The molecule has 3 rings (SSSR count). The first-order chi connectivity index (χ1) is 13.2. The molecule has 1 aliphatic rings. The van der Waals surface area contributed by atoms with Gasteiger partial charge in [0.2, 0.25) is 0 Å². The Bertz CT molecular complexity index is 743. The minimum absolute atomic E-state index is 0.0904. The number of benzene rings is 2. The van der Waals surface area contributed by atoms with Gasteiger partial charge in [-0.15, -0.1) is 0 Å². The van der Waals surface area contributed by atoms with Crippen LogP contribution in [0.5, 0.6) is 0 Å². The minimum Gasteiger partial charge on any atom is -0.272 e. The smallest absolute Gasteiger partial charge is 0.272 e. The van der Waals surface area contributed by atoms with E-state index in [1.165, 1.54) is 17.1 Å². The Morgan fingerprint density at radius 1 is 0.926 bits per heavy atom. The molecule has 1 aliphatic carbocycles. The molecule has 0 bridgehead atoms. The lowest BCUT2D eigenvalue weighted by Crippen LogP contribution is -2.51. The zero-order valence-electron chi connectivity index (χ0n) is 15.7. The van der Waals surface area contributed by atoms with Crippen molar-refractivity contribution in [3.63, 3.8) is 0 Å². The number of amides is 3. The van der Waals surface area contributed by atoms with E-state index >= 15 is 0 Å². The van der Waals surface area contributed by atoms with Gasteiger partial charge in [-0.2, -0.15) is 5.06 Å². The van der Waals surface area contributed by atoms with E-state index in [0.29, 0.717) is 12.1 Å². The minimum atomic E-state index is -0.401. The monoisotopic (exact) mass is 366 g/mol. The van der Waals surface area contributed by atoms with Gasteiger partial charge in [-0.1, -0.05) is 67.8 Å². The van der Waals surface area contributed by atoms with Gasteiger partial charge < -0.3 is 0 Å². The van der Waals surface area contributed by atoms with Gasteiger partial charge >= 0.3 is 6.03 Å². The van der Waals surface area contributed by atoms with Crippen molar-refractivity contribution in [1.82, 2.24) is 9.96 Å². The molecule has 27 heavy (non-hydrogen) atoms. The topological polar surface area (TPSA) is 49.9 Å². The highest BCUT2D eigenvalue weighted by Crippen LogP contribution is 2.25. The maximum atomic E-state index is 13.3. The summed E-state index contributed by atoms with van der Waals surface area (Å²) in [7, 11) is 1.47. The maximum absolute atomic E-state index is 13.3. The fraction of sp³-hybridized carbons (Fsp3) is 0.364. The molecule has 0 saturated heterocycles. The van der Waals surface area contributed by atoms with Crippen LogP contribution < -0.4 is 0 Å². The molecule has 0 radical (unpaired) electrons. The Hall–Kier alpha value is -2.66. The lowest BCUT2D eigenvalue weighted by Gasteiger charge is -2.35. The van der Waals surface area contributed by atoms with Crippen molar-refractivity contribution in [2.75, 3.05) is 7.11 Å². The quantitative estimate of drug-likeness (QED) is 0.724. The van der Waals surface area contributed by atoms with Crippen LogP contribution in [0, 0.1) is 0 Å². The van der Waals surface area contributed by atoms with E-state index in [4.69, 9.17) is 4.84 Å². The second kappa shape index (κ2) is 9.33. The fourth-order valence-electron chi connectivity index (χ4n) is 3.55. The Morgan fingerprint density at radius 3 is 2.11 bits per heavy atom. The van der Waals surface area contributed by atoms with Crippen LogP contribution in [0.4, 0.5) is 4.79 Å². The molecular weight excluding hydrogens is 340 g/mol. The molecule has 3 amide bonds. The number of hydroxylamine groups is 2. The van der Waals surface area contributed by atoms with E-state index in [2.05, 4.69) is 0 Å². The number of imide groups is 1. The fourth-order valence-corrected chi connectivity index (χ4v) is 3.55. The largest absolute Gasteiger partial charge is 0.351 e. The summed E-state index contributed by atoms with van der Waals surface area (Å²) in [6, 6.07) is 18.1. The molecule has 0 spiro atoms. The van der Waals surface area contributed by atoms with Crippen molar-refractivity contribution >= 4 is 11.9 Å². The molecule has 0 aliphatic heterocycles. The van der Waals surface area contributed by atoms with Crippen LogP contribution in [0.1, 0.15) is 48.0 Å². The van der Waals surface area contributed by atoms with Crippen LogP contribution in [0.15, 0.2) is 60.7 Å². The van der Waals surface area contributed by atoms with E-state index in [-0.39, 0.29) is 11.9 Å². The van der Waals surface area contributed by atoms with Crippen molar-refractivity contribution in [1.29, 1.82) is 0 Å². The van der Waals surface area contributed by atoms with Crippen molar-refractivity contribution in [2.45, 2.75) is 44.7 Å². The molecule has 142 valence electrons. The number of nitrogens with zero attached hydrogens (tertiary/aromatic N) is 2. The summed E-state index contributed by atoms with van der Waals surface area (Å²) in [6.07, 6.45) is 4.89. The molecule has 5 heteroatoms. The lowest BCUT2D eigenvalue weighted by molar-refractivity contribution is -0.104. The van der Waals surface area contributed by atoms with Gasteiger partial charge in [0.15, 0.2) is 0 Å². The first-order valence-electron chi connectivity index (χ1n) is 9.49. The Kier molecular flexibility index (Phi) is 6.60. The summed E-state index contributed by atoms with van der Waals surface area (Å²) >= 11 is 0. The molecule has 2 aromatic carbocycles. The van der Waals surface area contributed by atoms with E-state index in [0.717, 1.165) is 37.7 Å². The van der Waals surface area contributed by atoms with Gasteiger partial charge in [0, 0.05) is 11.6 Å². The standard InChI is InChI=1S/C22H26N2O3/c1-27-23(17-18-11-5-2-6-12-18)22(26)24(20-15-9-4-10-16-20)21(25)19-13-7-3-8-14-19/h2-3,5-8,11-14,20H,4,9-10,15-17H2,1H3. The molecule has 1 fully saturated rings. The molecule has 0 N–H and O–H groups in total. The molecule has 0 aromatic heterocycles. The van der Waals surface area contributed by atoms with E-state index < -0.39 is 6.03 Å². The zero-order valence-corrected chi connectivity index (χ0v) is 15.7.